The van der Waals surface area contributed by atoms with Gasteiger partial charge in [0, 0.05) is 25.4 Å². The van der Waals surface area contributed by atoms with E-state index < -0.39 is 0 Å². The van der Waals surface area contributed by atoms with E-state index in [9.17, 15) is 4.79 Å². The van der Waals surface area contributed by atoms with Crippen LogP contribution in [0.2, 0.25) is 0 Å². The lowest BCUT2D eigenvalue weighted by molar-refractivity contribution is -0.123. The average molecular weight is 386 g/mol. The highest BCUT2D eigenvalue weighted by atomic mass is 16.1. The minimum atomic E-state index is 0.0208. The van der Waals surface area contributed by atoms with Crippen LogP contribution in [-0.4, -0.2) is 22.0 Å². The summed E-state index contributed by atoms with van der Waals surface area (Å²) in [5.74, 6) is 1.19. The monoisotopic (exact) mass is 385 g/mol. The number of benzene rings is 3. The van der Waals surface area contributed by atoms with Gasteiger partial charge in [-0.1, -0.05) is 62.4 Å². The molecule has 1 N–H and O–H groups in total. The molecule has 0 aliphatic carbocycles. The van der Waals surface area contributed by atoms with Gasteiger partial charge in [0.2, 0.25) is 5.91 Å². The molecule has 0 unspecified atom stereocenters. The maximum Gasteiger partial charge on any atom is 0.222 e. The van der Waals surface area contributed by atoms with Crippen molar-refractivity contribution in [2.24, 2.45) is 5.92 Å². The molecule has 0 aliphatic heterocycles. The van der Waals surface area contributed by atoms with Crippen LogP contribution in [0, 0.1) is 5.92 Å². The first-order valence-electron chi connectivity index (χ1n) is 10.3. The second kappa shape index (κ2) is 8.48. The maximum atomic E-state index is 11.8. The molecule has 29 heavy (non-hydrogen) atoms. The molecule has 0 spiro atoms. The normalized spacial score (nSPS) is 11.4. The summed E-state index contributed by atoms with van der Waals surface area (Å²) in [4.78, 5) is 16.7. The summed E-state index contributed by atoms with van der Waals surface area (Å²) >= 11 is 0. The second-order valence-corrected chi connectivity index (χ2v) is 7.83. The van der Waals surface area contributed by atoms with Crippen molar-refractivity contribution in [3.63, 3.8) is 0 Å². The second-order valence-electron chi connectivity index (χ2n) is 7.83. The predicted molar refractivity (Wildman–Crippen MR) is 119 cm³/mol. The Morgan fingerprint density at radius 2 is 1.76 bits per heavy atom. The lowest BCUT2D eigenvalue weighted by Gasteiger charge is -2.11. The van der Waals surface area contributed by atoms with Gasteiger partial charge in [0.15, 0.2) is 0 Å². The van der Waals surface area contributed by atoms with Crippen LogP contribution in [0.3, 0.4) is 0 Å². The van der Waals surface area contributed by atoms with Gasteiger partial charge in [-0.2, -0.15) is 0 Å². The summed E-state index contributed by atoms with van der Waals surface area (Å²) < 4.78 is 2.31. The van der Waals surface area contributed by atoms with Crippen molar-refractivity contribution in [3.8, 4) is 0 Å². The van der Waals surface area contributed by atoms with E-state index in [1.54, 1.807) is 0 Å². The Hall–Kier alpha value is -3.14. The number of nitrogens with zero attached hydrogens (tertiary/aromatic N) is 2. The molecule has 4 nitrogen and oxygen atoms in total. The van der Waals surface area contributed by atoms with Crippen molar-refractivity contribution in [3.05, 3.63) is 78.1 Å². The number of carbonyl (C=O) groups is 1. The Bertz CT molecular complexity index is 1140. The molecule has 0 aliphatic rings. The third-order valence-electron chi connectivity index (χ3n) is 5.29. The number of para-hydroxylation sites is 2. The van der Waals surface area contributed by atoms with Crippen LogP contribution < -0.4 is 5.32 Å². The van der Waals surface area contributed by atoms with Crippen LogP contribution in [-0.2, 0) is 17.8 Å². The van der Waals surface area contributed by atoms with Crippen molar-refractivity contribution in [2.45, 2.75) is 33.2 Å². The molecule has 1 amide bonds. The largest absolute Gasteiger partial charge is 0.356 e. The molecule has 0 saturated carbocycles. The number of hydrogen-bond acceptors (Lipinski definition) is 2. The standard InChI is InChI=1S/C25H27N3O/c1-18(2)25(29)26-15-7-12-24-27-22-10-5-6-11-23(22)28(24)17-19-13-14-20-8-3-4-9-21(20)16-19/h3-6,8-11,13-14,16,18H,7,12,15,17H2,1-2H3,(H,26,29). The van der Waals surface area contributed by atoms with E-state index in [-0.39, 0.29) is 11.8 Å². The van der Waals surface area contributed by atoms with Gasteiger partial charge < -0.3 is 9.88 Å². The minimum absolute atomic E-state index is 0.0208. The van der Waals surface area contributed by atoms with Crippen LogP contribution in [0.5, 0.6) is 0 Å². The molecule has 0 fully saturated rings. The van der Waals surface area contributed by atoms with Gasteiger partial charge in [-0.05, 0) is 41.0 Å². The van der Waals surface area contributed by atoms with Gasteiger partial charge in [0.1, 0.15) is 5.82 Å². The molecule has 1 aromatic heterocycles. The van der Waals surface area contributed by atoms with E-state index in [1.807, 2.05) is 19.9 Å². The fraction of sp³-hybridized carbons (Fsp3) is 0.280. The molecule has 0 saturated heterocycles. The number of aryl methyl sites for hydroxylation is 1. The quantitative estimate of drug-likeness (QED) is 0.458. The van der Waals surface area contributed by atoms with Gasteiger partial charge in [0.05, 0.1) is 11.0 Å². The van der Waals surface area contributed by atoms with E-state index in [2.05, 4.69) is 70.5 Å². The van der Waals surface area contributed by atoms with Gasteiger partial charge >= 0.3 is 0 Å². The maximum absolute atomic E-state index is 11.8. The number of hydrogen-bond donors (Lipinski definition) is 1. The van der Waals surface area contributed by atoms with Crippen molar-refractivity contribution < 1.29 is 4.79 Å². The fourth-order valence-corrected chi connectivity index (χ4v) is 3.67. The number of imidazole rings is 1. The average Bonchev–Trinajstić information content (AvgIpc) is 3.08. The first-order chi connectivity index (χ1) is 14.1. The van der Waals surface area contributed by atoms with E-state index in [0.29, 0.717) is 6.54 Å². The Morgan fingerprint density at radius 1 is 1.00 bits per heavy atom. The molecular weight excluding hydrogens is 358 g/mol. The van der Waals surface area contributed by atoms with Crippen LogP contribution >= 0.6 is 0 Å². The summed E-state index contributed by atoms with van der Waals surface area (Å²) in [7, 11) is 0. The van der Waals surface area contributed by atoms with Crippen molar-refractivity contribution >= 4 is 27.7 Å². The third kappa shape index (κ3) is 4.32. The van der Waals surface area contributed by atoms with E-state index >= 15 is 0 Å². The van der Waals surface area contributed by atoms with Gasteiger partial charge in [-0.25, -0.2) is 4.98 Å². The summed E-state index contributed by atoms with van der Waals surface area (Å²) in [5.41, 5.74) is 3.44. The molecule has 0 atom stereocenters. The Kier molecular flexibility index (Phi) is 5.61. The Balaban J connectivity index is 1.56. The summed E-state index contributed by atoms with van der Waals surface area (Å²) in [6, 6.07) is 23.4. The van der Waals surface area contributed by atoms with Crippen molar-refractivity contribution in [2.75, 3.05) is 6.54 Å². The highest BCUT2D eigenvalue weighted by Gasteiger charge is 2.12. The van der Waals surface area contributed by atoms with Crippen LogP contribution in [0.25, 0.3) is 21.8 Å². The SMILES string of the molecule is CC(C)C(=O)NCCCc1nc2ccccc2n1Cc1ccc2ccccc2c1. The van der Waals surface area contributed by atoms with Gasteiger partial charge in [0.25, 0.3) is 0 Å². The number of amides is 1. The zero-order valence-corrected chi connectivity index (χ0v) is 17.1. The summed E-state index contributed by atoms with van der Waals surface area (Å²) in [6.07, 6.45) is 1.71. The summed E-state index contributed by atoms with van der Waals surface area (Å²) in [6.45, 7) is 5.30. The lowest BCUT2D eigenvalue weighted by Crippen LogP contribution is -2.28. The molecule has 4 rings (SSSR count). The van der Waals surface area contributed by atoms with E-state index in [4.69, 9.17) is 4.98 Å². The molecule has 4 heteroatoms. The number of nitrogens with one attached hydrogen (secondary N) is 1. The zero-order valence-electron chi connectivity index (χ0n) is 17.1. The van der Waals surface area contributed by atoms with Gasteiger partial charge in [-0.3, -0.25) is 4.79 Å². The fourth-order valence-electron chi connectivity index (χ4n) is 3.67. The van der Waals surface area contributed by atoms with Gasteiger partial charge in [-0.15, -0.1) is 0 Å². The first kappa shape index (κ1) is 19.2. The number of carbonyl (C=O) groups excluding carboxylic acids is 1. The molecular formula is C25H27N3O. The minimum Gasteiger partial charge on any atom is -0.356 e. The van der Waals surface area contributed by atoms with Crippen molar-refractivity contribution in [1.29, 1.82) is 0 Å². The Labute approximate surface area is 171 Å². The molecule has 0 bridgehead atoms. The van der Waals surface area contributed by atoms with Crippen molar-refractivity contribution in [1.82, 2.24) is 14.9 Å². The predicted octanol–water partition coefficient (Wildman–Crippen LogP) is 4.94. The molecule has 148 valence electrons. The zero-order chi connectivity index (χ0) is 20.2. The number of rotatable bonds is 7. The highest BCUT2D eigenvalue weighted by molar-refractivity contribution is 5.83. The first-order valence-corrected chi connectivity index (χ1v) is 10.3. The van der Waals surface area contributed by atoms with E-state index in [1.165, 1.54) is 16.3 Å². The van der Waals surface area contributed by atoms with Crippen LogP contribution in [0.4, 0.5) is 0 Å². The molecule has 1 heterocycles. The topological polar surface area (TPSA) is 46.9 Å². The third-order valence-corrected chi connectivity index (χ3v) is 5.29. The smallest absolute Gasteiger partial charge is 0.222 e. The Morgan fingerprint density at radius 3 is 2.59 bits per heavy atom. The van der Waals surface area contributed by atoms with E-state index in [0.717, 1.165) is 36.2 Å². The van der Waals surface area contributed by atoms with Crippen LogP contribution in [0.15, 0.2) is 66.7 Å². The molecule has 0 radical (unpaired) electrons. The summed E-state index contributed by atoms with van der Waals surface area (Å²) in [5, 5.41) is 5.51. The molecule has 4 aromatic rings. The number of fused-ring (bicyclic) bond motifs is 2. The lowest BCUT2D eigenvalue weighted by atomic mass is 10.1. The number of aromatic nitrogens is 2. The highest BCUT2D eigenvalue weighted by Crippen LogP contribution is 2.21. The molecule has 3 aromatic carbocycles. The van der Waals surface area contributed by atoms with Crippen LogP contribution in [0.1, 0.15) is 31.7 Å².